The van der Waals surface area contributed by atoms with E-state index < -0.39 is 0 Å². The standard InChI is InChI=1S/C14H18N2O/c1-16-8-10(14(15)9-6-7-9)13-11(16)4-3-5-12(13)17-2/h3-5,8-9,14H,6-7,15H2,1-2H3. The van der Waals surface area contributed by atoms with E-state index in [2.05, 4.69) is 23.9 Å². The number of benzene rings is 1. The van der Waals surface area contributed by atoms with Crippen LogP contribution in [0.15, 0.2) is 24.4 Å². The summed E-state index contributed by atoms with van der Waals surface area (Å²) in [4.78, 5) is 0. The summed E-state index contributed by atoms with van der Waals surface area (Å²) in [5, 5.41) is 1.18. The Kier molecular flexibility index (Phi) is 2.37. The highest BCUT2D eigenvalue weighted by Crippen LogP contribution is 2.43. The third kappa shape index (κ3) is 1.62. The summed E-state index contributed by atoms with van der Waals surface area (Å²) in [5.41, 5.74) is 8.75. The van der Waals surface area contributed by atoms with Gasteiger partial charge in [0.2, 0.25) is 0 Å². The molecule has 90 valence electrons. The lowest BCUT2D eigenvalue weighted by Crippen LogP contribution is -2.11. The van der Waals surface area contributed by atoms with Gasteiger partial charge in [0.1, 0.15) is 5.75 Å². The molecule has 1 aliphatic rings. The number of aromatic nitrogens is 1. The van der Waals surface area contributed by atoms with Crippen LogP contribution in [0.1, 0.15) is 24.4 Å². The van der Waals surface area contributed by atoms with Gasteiger partial charge >= 0.3 is 0 Å². The van der Waals surface area contributed by atoms with Crippen LogP contribution in [0.5, 0.6) is 5.75 Å². The number of fused-ring (bicyclic) bond motifs is 1. The van der Waals surface area contributed by atoms with Crippen LogP contribution in [-0.4, -0.2) is 11.7 Å². The second-order valence-corrected chi connectivity index (χ2v) is 4.91. The number of rotatable bonds is 3. The van der Waals surface area contributed by atoms with Crippen LogP contribution < -0.4 is 10.5 Å². The molecule has 3 heteroatoms. The van der Waals surface area contributed by atoms with Gasteiger partial charge in [-0.05, 0) is 36.5 Å². The number of hydrogen-bond donors (Lipinski definition) is 1. The zero-order valence-electron chi connectivity index (χ0n) is 10.3. The first-order valence-corrected chi connectivity index (χ1v) is 6.10. The molecule has 0 saturated heterocycles. The van der Waals surface area contributed by atoms with E-state index in [4.69, 9.17) is 10.5 Å². The minimum atomic E-state index is 0.148. The fraction of sp³-hybridized carbons (Fsp3) is 0.429. The number of methoxy groups -OCH3 is 1. The molecular formula is C14H18N2O. The number of ether oxygens (including phenoxy) is 1. The van der Waals surface area contributed by atoms with E-state index in [0.717, 1.165) is 5.75 Å². The molecule has 1 aromatic heterocycles. The maximum Gasteiger partial charge on any atom is 0.128 e. The summed E-state index contributed by atoms with van der Waals surface area (Å²) in [6, 6.07) is 6.29. The van der Waals surface area contributed by atoms with Crippen molar-refractivity contribution in [1.82, 2.24) is 4.57 Å². The summed E-state index contributed by atoms with van der Waals surface area (Å²) >= 11 is 0. The Hall–Kier alpha value is -1.48. The lowest BCUT2D eigenvalue weighted by Gasteiger charge is -2.10. The topological polar surface area (TPSA) is 40.2 Å². The fourth-order valence-electron chi connectivity index (χ4n) is 2.58. The van der Waals surface area contributed by atoms with E-state index in [1.165, 1.54) is 29.3 Å². The van der Waals surface area contributed by atoms with Crippen molar-refractivity contribution in [2.75, 3.05) is 7.11 Å². The first-order chi connectivity index (χ1) is 8.22. The molecule has 17 heavy (non-hydrogen) atoms. The number of nitrogens with two attached hydrogens (primary N) is 1. The highest BCUT2D eigenvalue weighted by molar-refractivity contribution is 5.90. The molecule has 1 aromatic carbocycles. The molecule has 0 aliphatic heterocycles. The molecule has 2 N–H and O–H groups in total. The number of hydrogen-bond acceptors (Lipinski definition) is 2. The van der Waals surface area contributed by atoms with E-state index in [1.54, 1.807) is 7.11 Å². The normalized spacial score (nSPS) is 17.4. The van der Waals surface area contributed by atoms with Crippen molar-refractivity contribution in [3.8, 4) is 5.75 Å². The van der Waals surface area contributed by atoms with Gasteiger partial charge in [0.05, 0.1) is 12.6 Å². The molecule has 1 saturated carbocycles. The molecule has 0 radical (unpaired) electrons. The van der Waals surface area contributed by atoms with Crippen molar-refractivity contribution in [1.29, 1.82) is 0 Å². The van der Waals surface area contributed by atoms with Crippen molar-refractivity contribution < 1.29 is 4.74 Å². The smallest absolute Gasteiger partial charge is 0.128 e. The average Bonchev–Trinajstić information content (AvgIpc) is 3.13. The van der Waals surface area contributed by atoms with Crippen LogP contribution in [0.4, 0.5) is 0 Å². The SMILES string of the molecule is COc1cccc2c1c(C(N)C1CC1)cn2C. The van der Waals surface area contributed by atoms with Gasteiger partial charge in [-0.3, -0.25) is 0 Å². The zero-order valence-corrected chi connectivity index (χ0v) is 10.3. The molecule has 1 fully saturated rings. The van der Waals surface area contributed by atoms with Gasteiger partial charge in [0.25, 0.3) is 0 Å². The summed E-state index contributed by atoms with van der Waals surface area (Å²) in [6.45, 7) is 0. The summed E-state index contributed by atoms with van der Waals surface area (Å²) in [6.07, 6.45) is 4.66. The zero-order chi connectivity index (χ0) is 12.0. The molecule has 1 aliphatic carbocycles. The minimum absolute atomic E-state index is 0.148. The Morgan fingerprint density at radius 3 is 2.82 bits per heavy atom. The third-order valence-electron chi connectivity index (χ3n) is 3.71. The molecule has 2 aromatic rings. The van der Waals surface area contributed by atoms with Crippen LogP contribution in [0, 0.1) is 5.92 Å². The summed E-state index contributed by atoms with van der Waals surface area (Å²) < 4.78 is 7.60. The predicted molar refractivity (Wildman–Crippen MR) is 69.1 cm³/mol. The van der Waals surface area contributed by atoms with Gasteiger partial charge < -0.3 is 15.0 Å². The second-order valence-electron chi connectivity index (χ2n) is 4.91. The highest BCUT2D eigenvalue weighted by Gasteiger charge is 2.31. The number of aryl methyl sites for hydroxylation is 1. The largest absolute Gasteiger partial charge is 0.496 e. The Balaban J connectivity index is 2.22. The van der Waals surface area contributed by atoms with Gasteiger partial charge in [-0.2, -0.15) is 0 Å². The molecule has 0 amide bonds. The Morgan fingerprint density at radius 1 is 1.41 bits per heavy atom. The molecule has 0 spiro atoms. The first-order valence-electron chi connectivity index (χ1n) is 6.10. The van der Waals surface area contributed by atoms with Crippen LogP contribution in [0.3, 0.4) is 0 Å². The fourth-order valence-corrected chi connectivity index (χ4v) is 2.58. The lowest BCUT2D eigenvalue weighted by atomic mass is 10.0. The Labute approximate surface area is 101 Å². The van der Waals surface area contributed by atoms with Crippen molar-refractivity contribution in [2.24, 2.45) is 18.7 Å². The molecule has 3 rings (SSSR count). The minimum Gasteiger partial charge on any atom is -0.496 e. The molecule has 1 heterocycles. The van der Waals surface area contributed by atoms with Gasteiger partial charge in [-0.15, -0.1) is 0 Å². The molecule has 1 atom stereocenters. The quantitative estimate of drug-likeness (QED) is 0.880. The first kappa shape index (κ1) is 10.7. The summed E-state index contributed by atoms with van der Waals surface area (Å²) in [7, 11) is 3.78. The lowest BCUT2D eigenvalue weighted by molar-refractivity contribution is 0.419. The van der Waals surface area contributed by atoms with Crippen LogP contribution in [0.25, 0.3) is 10.9 Å². The molecular weight excluding hydrogens is 212 g/mol. The third-order valence-corrected chi connectivity index (χ3v) is 3.71. The van der Waals surface area contributed by atoms with E-state index in [0.29, 0.717) is 5.92 Å². The van der Waals surface area contributed by atoms with E-state index in [-0.39, 0.29) is 6.04 Å². The highest BCUT2D eigenvalue weighted by atomic mass is 16.5. The monoisotopic (exact) mass is 230 g/mol. The van der Waals surface area contributed by atoms with Gasteiger partial charge in [-0.1, -0.05) is 6.07 Å². The Morgan fingerprint density at radius 2 is 2.18 bits per heavy atom. The summed E-state index contributed by atoms with van der Waals surface area (Å²) in [5.74, 6) is 1.58. The predicted octanol–water partition coefficient (Wildman–Crippen LogP) is 2.60. The molecule has 3 nitrogen and oxygen atoms in total. The molecule has 0 bridgehead atoms. The van der Waals surface area contributed by atoms with Gasteiger partial charge in [-0.25, -0.2) is 0 Å². The van der Waals surface area contributed by atoms with E-state index in [9.17, 15) is 0 Å². The van der Waals surface area contributed by atoms with E-state index in [1.807, 2.05) is 12.1 Å². The molecule has 1 unspecified atom stereocenters. The van der Waals surface area contributed by atoms with Crippen LogP contribution in [0.2, 0.25) is 0 Å². The maximum absolute atomic E-state index is 6.33. The average molecular weight is 230 g/mol. The number of nitrogens with zero attached hydrogens (tertiary/aromatic N) is 1. The van der Waals surface area contributed by atoms with Crippen LogP contribution in [-0.2, 0) is 7.05 Å². The Bertz CT molecular complexity index is 555. The van der Waals surface area contributed by atoms with E-state index >= 15 is 0 Å². The van der Waals surface area contributed by atoms with Crippen molar-refractivity contribution in [2.45, 2.75) is 18.9 Å². The van der Waals surface area contributed by atoms with Crippen LogP contribution >= 0.6 is 0 Å². The van der Waals surface area contributed by atoms with Crippen molar-refractivity contribution in [3.63, 3.8) is 0 Å². The van der Waals surface area contributed by atoms with Gasteiger partial charge in [0, 0.05) is 24.7 Å². The van der Waals surface area contributed by atoms with Crippen molar-refractivity contribution in [3.05, 3.63) is 30.0 Å². The van der Waals surface area contributed by atoms with Gasteiger partial charge in [0.15, 0.2) is 0 Å². The van der Waals surface area contributed by atoms with Crippen molar-refractivity contribution >= 4 is 10.9 Å². The maximum atomic E-state index is 6.33. The second kappa shape index (κ2) is 3.77.